The average Bonchev–Trinajstić information content (AvgIpc) is 1.72. The number of hydrogen-bond acceptors (Lipinski definition) is 16. The molecule has 8 fully saturated rings. The zero-order valence-corrected chi connectivity index (χ0v) is 72.7. The molecule has 0 radical (unpaired) electrons. The molecule has 3 heterocycles. The molecule has 19 atom stereocenters. The van der Waals surface area contributed by atoms with Crippen LogP contribution in [0, 0.1) is 52.8 Å². The zero-order valence-electron chi connectivity index (χ0n) is 70.9. The lowest BCUT2D eigenvalue weighted by molar-refractivity contribution is -0.140. The van der Waals surface area contributed by atoms with E-state index >= 15 is 13.9 Å². The monoisotopic (exact) mass is 1590 g/mol. The second kappa shape index (κ2) is 46.5. The fraction of sp³-hybridized carbons (Fsp3) is 0.882. The Balaban J connectivity index is 0.814. The first-order valence-electron chi connectivity index (χ1n) is 46.5. The molecule has 16 nitrogen and oxygen atoms in total. The number of carbonyl (C=O) groups is 1. The van der Waals surface area contributed by atoms with Gasteiger partial charge in [0.25, 0.3) is 0 Å². The summed E-state index contributed by atoms with van der Waals surface area (Å²) in [6.45, 7) is 15.8. The van der Waals surface area contributed by atoms with Gasteiger partial charge in [0.15, 0.2) is 0 Å². The molecule has 0 aromatic heterocycles. The number of unbranched alkanes of at least 4 members (excludes halogenated alkanes) is 1. The predicted octanol–water partition coefficient (Wildman–Crippen LogP) is 25.3. The van der Waals surface area contributed by atoms with E-state index in [0.29, 0.717) is 61.0 Å². The third-order valence-electron chi connectivity index (χ3n) is 28.5. The Morgan fingerprint density at radius 2 is 1.07 bits per heavy atom. The Hall–Kier alpha value is -2.01. The van der Waals surface area contributed by atoms with E-state index in [0.717, 1.165) is 177 Å². The summed E-state index contributed by atoms with van der Waals surface area (Å²) < 4.78 is 119. The van der Waals surface area contributed by atoms with Crippen molar-refractivity contribution in [2.75, 3.05) is 26.9 Å². The number of allylic oxidation sites excluding steroid dienone is 2. The summed E-state index contributed by atoms with van der Waals surface area (Å²) in [5, 5.41) is 0. The topological polar surface area (TPSA) is 171 Å². The molecule has 3 saturated heterocycles. The van der Waals surface area contributed by atoms with E-state index in [4.69, 9.17) is 60.3 Å². The molecule has 5 saturated carbocycles. The minimum atomic E-state index is -4.42. The maximum absolute atomic E-state index is 16.0. The number of methoxy groups -OCH3 is 1. The molecule has 18 heteroatoms. The normalized spacial score (nSPS) is 34.6. The smallest absolute Gasteiger partial charge is 0.475 e. The fourth-order valence-corrected chi connectivity index (χ4v) is 24.5. The highest BCUT2D eigenvalue weighted by Gasteiger charge is 2.49. The third-order valence-corrected chi connectivity index (χ3v) is 31.6. The summed E-state index contributed by atoms with van der Waals surface area (Å²) in [6, 6.07) is 10.0. The van der Waals surface area contributed by atoms with E-state index in [1.165, 1.54) is 135 Å². The summed E-state index contributed by atoms with van der Waals surface area (Å²) in [5.74, 6) is 5.56. The first-order chi connectivity index (χ1) is 53.9. The van der Waals surface area contributed by atoms with Gasteiger partial charge < -0.3 is 33.2 Å². The summed E-state index contributed by atoms with van der Waals surface area (Å²) in [5.41, 5.74) is 1.93. The van der Waals surface area contributed by atoms with Gasteiger partial charge in [0.2, 0.25) is 0 Å². The van der Waals surface area contributed by atoms with Crippen molar-refractivity contribution in [3.63, 3.8) is 0 Å². The Bertz CT molecular complexity index is 2950. The maximum Gasteiger partial charge on any atom is 0.475 e. The van der Waals surface area contributed by atoms with Crippen molar-refractivity contribution in [1.82, 2.24) is 0 Å². The first kappa shape index (κ1) is 89.8. The second-order valence-electron chi connectivity index (χ2n) is 37.7. The number of esters is 1. The number of benzene rings is 1. The van der Waals surface area contributed by atoms with Crippen LogP contribution in [0.15, 0.2) is 53.8 Å². The number of phosphoric ester groups is 2. The molecule has 111 heavy (non-hydrogen) atoms. The molecule has 0 N–H and O–H groups in total. The SMILES string of the molecule is CCCC(CCCCC1CCC(O[C@@H]2C[C@H](C)OC2COP(=O)(OC2CCCCCC2)OC2C[C@H](C)O[C@@H]2COP(=O)(OC2CCCCCCC2)OC2C[C@H](C)O[C@@H]2COC2CCCC(C(C)(C)CC)CC2)/C=C(/C(=O)OCc2ccccc2)CC(C2/C=C(/OC)CC(CC3CCC3)CCC2)C1)C1CCCCCCCC1. The minimum absolute atomic E-state index is 0.114. The summed E-state index contributed by atoms with van der Waals surface area (Å²) in [7, 11) is -6.86. The molecular weight excluding hydrogens is 1430 g/mol. The Kier molecular flexibility index (Phi) is 37.6. The molecule has 0 bridgehead atoms. The predicted molar refractivity (Wildman–Crippen MR) is 442 cm³/mol. The van der Waals surface area contributed by atoms with Crippen LogP contribution in [0.1, 0.15) is 362 Å². The van der Waals surface area contributed by atoms with Crippen molar-refractivity contribution in [2.45, 2.75) is 443 Å². The molecular formula is C93H156O16P2. The molecule has 3 aliphatic heterocycles. The Labute approximate surface area is 673 Å². The summed E-state index contributed by atoms with van der Waals surface area (Å²) >= 11 is 0. The fourth-order valence-electron chi connectivity index (χ4n) is 21.3. The highest BCUT2D eigenvalue weighted by molar-refractivity contribution is 7.48. The van der Waals surface area contributed by atoms with Gasteiger partial charge in [-0.1, -0.05) is 244 Å². The van der Waals surface area contributed by atoms with E-state index in [1.807, 2.05) is 51.3 Å². The second-order valence-corrected chi connectivity index (χ2v) is 40.8. The number of ether oxygens (including phenoxy) is 7. The van der Waals surface area contributed by atoms with Crippen LogP contribution >= 0.6 is 15.6 Å². The van der Waals surface area contributed by atoms with E-state index in [-0.39, 0.29) is 74.2 Å². The van der Waals surface area contributed by atoms with Gasteiger partial charge in [0.05, 0.1) is 81.5 Å². The van der Waals surface area contributed by atoms with Crippen LogP contribution in [0.25, 0.3) is 0 Å². The van der Waals surface area contributed by atoms with Gasteiger partial charge in [-0.2, -0.15) is 0 Å². The highest BCUT2D eigenvalue weighted by Crippen LogP contribution is 2.58. The van der Waals surface area contributed by atoms with Crippen LogP contribution in [0.2, 0.25) is 0 Å². The van der Waals surface area contributed by atoms with Crippen LogP contribution in [0.5, 0.6) is 0 Å². The van der Waals surface area contributed by atoms with E-state index in [2.05, 4.69) is 46.8 Å². The van der Waals surface area contributed by atoms with E-state index in [9.17, 15) is 0 Å². The van der Waals surface area contributed by atoms with E-state index in [1.54, 1.807) is 0 Å². The molecule has 7 aliphatic carbocycles. The van der Waals surface area contributed by atoms with Crippen molar-refractivity contribution >= 4 is 21.6 Å². The van der Waals surface area contributed by atoms with Crippen LogP contribution in [-0.4, -0.2) is 112 Å². The van der Waals surface area contributed by atoms with Gasteiger partial charge in [0, 0.05) is 31.3 Å². The first-order valence-corrected chi connectivity index (χ1v) is 49.4. The van der Waals surface area contributed by atoms with Crippen LogP contribution in [-0.2, 0) is 80.8 Å². The molecule has 13 unspecified atom stereocenters. The van der Waals surface area contributed by atoms with Crippen molar-refractivity contribution in [2.24, 2.45) is 52.8 Å². The average molecular weight is 1590 g/mol. The molecule has 1 aromatic rings. The van der Waals surface area contributed by atoms with Gasteiger partial charge in [-0.05, 0) is 188 Å². The van der Waals surface area contributed by atoms with Gasteiger partial charge in [-0.3, -0.25) is 27.1 Å². The van der Waals surface area contributed by atoms with Gasteiger partial charge in [-0.25, -0.2) is 13.9 Å². The number of hydrogen-bond donors (Lipinski definition) is 0. The Morgan fingerprint density at radius 1 is 0.523 bits per heavy atom. The lowest BCUT2D eigenvalue weighted by Gasteiger charge is -2.34. The molecule has 0 spiro atoms. The molecule has 0 amide bonds. The quantitative estimate of drug-likeness (QED) is 0.0269. The van der Waals surface area contributed by atoms with Gasteiger partial charge >= 0.3 is 21.6 Å². The van der Waals surface area contributed by atoms with Crippen molar-refractivity contribution < 1.29 is 74.2 Å². The van der Waals surface area contributed by atoms with E-state index < -0.39 is 58.4 Å². The summed E-state index contributed by atoms with van der Waals surface area (Å²) in [6.07, 6.45) is 51.6. The molecule has 1 aromatic carbocycles. The molecule has 634 valence electrons. The van der Waals surface area contributed by atoms with Crippen LogP contribution < -0.4 is 0 Å². The number of phosphoric acid groups is 2. The van der Waals surface area contributed by atoms with Crippen molar-refractivity contribution in [1.29, 1.82) is 0 Å². The summed E-state index contributed by atoms with van der Waals surface area (Å²) in [4.78, 5) is 15.1. The van der Waals surface area contributed by atoms with Crippen LogP contribution in [0.4, 0.5) is 0 Å². The highest BCUT2D eigenvalue weighted by atomic mass is 31.2. The largest absolute Gasteiger partial charge is 0.501 e. The Morgan fingerprint density at radius 3 is 1.66 bits per heavy atom. The van der Waals surface area contributed by atoms with Crippen molar-refractivity contribution in [3.05, 3.63) is 59.4 Å². The third kappa shape index (κ3) is 29.4. The molecule has 11 rings (SSSR count). The van der Waals surface area contributed by atoms with Crippen molar-refractivity contribution in [3.8, 4) is 0 Å². The molecule has 10 aliphatic rings. The number of carbonyl (C=O) groups excluding carboxylic acids is 1. The minimum Gasteiger partial charge on any atom is -0.501 e. The standard InChI is InChI=1S/C93H156O16P2/c1-9-34-75(76-41-23-14-11-12-15-24-42-76)43-30-29-35-72-51-53-84(63-79(92(94)99-64-73-36-21-20-22-37-73)61-78(59-72)77-44-32-40-74(58-71-38-31-39-71)60-85(62-77)97-8)105-86-55-68(3)103-90(86)66-100-110(95,106-83-48-27-18-19-28-49-83)109-88-57-70(5)104-91(88)67-101-111(96,107-82-46-25-16-13-17-26-47-82)108-87-56-69(4)102-89(87)65-98-81-50-33-45-80(52-54-81)93(6,7)10-2/h20-22,36-37,62-63,68-72,74-78,80-84,86-91H,9-19,23-35,38-61,64-67H2,1-8H3/b79-63+,85-62+/t68-,69-,70-,72?,74?,75?,77?,78?,80?,81?,84?,86+,87?,88?,89+,90?,91+,110?,111?/m0/s1. The van der Waals surface area contributed by atoms with Crippen LogP contribution in [0.3, 0.4) is 0 Å². The number of rotatable bonds is 36. The van der Waals surface area contributed by atoms with Gasteiger partial charge in [-0.15, -0.1) is 0 Å². The lowest BCUT2D eigenvalue weighted by atomic mass is 9.72. The van der Waals surface area contributed by atoms with Gasteiger partial charge in [0.1, 0.15) is 37.1 Å². The maximum atomic E-state index is 16.0. The zero-order chi connectivity index (χ0) is 77.8. The lowest BCUT2D eigenvalue weighted by Crippen LogP contribution is -2.34.